The first-order valence-electron chi connectivity index (χ1n) is 5.88. The number of methoxy groups -OCH3 is 1. The molecule has 0 spiro atoms. The van der Waals surface area contributed by atoms with E-state index >= 15 is 0 Å². The number of ether oxygens (including phenoxy) is 2. The van der Waals surface area contributed by atoms with Gasteiger partial charge in [-0.3, -0.25) is 0 Å². The lowest BCUT2D eigenvalue weighted by Gasteiger charge is -2.29. The van der Waals surface area contributed by atoms with Crippen LogP contribution in [0, 0.1) is 6.92 Å². The van der Waals surface area contributed by atoms with Crippen molar-refractivity contribution in [3.05, 3.63) is 23.3 Å². The number of benzene rings is 1. The van der Waals surface area contributed by atoms with Gasteiger partial charge in [0.1, 0.15) is 11.3 Å². The Balaban J connectivity index is 2.32. The second kappa shape index (κ2) is 5.27. The molecule has 5 heteroatoms. The van der Waals surface area contributed by atoms with E-state index in [1.165, 1.54) is 7.11 Å². The molecule has 0 aliphatic carbocycles. The Labute approximate surface area is 106 Å². The van der Waals surface area contributed by atoms with Crippen LogP contribution in [0.15, 0.2) is 12.1 Å². The smallest absolute Gasteiger partial charge is 0.341 e. The highest BCUT2D eigenvalue weighted by Gasteiger charge is 2.19. The van der Waals surface area contributed by atoms with Crippen molar-refractivity contribution in [1.82, 2.24) is 0 Å². The van der Waals surface area contributed by atoms with E-state index in [1.807, 2.05) is 6.07 Å². The molecule has 1 aliphatic rings. The number of rotatable bonds is 2. The molecule has 0 atom stereocenters. The lowest BCUT2D eigenvalue weighted by atomic mass is 10.1. The lowest BCUT2D eigenvalue weighted by Crippen LogP contribution is -2.36. The topological polar surface area (TPSA) is 59.0 Å². The molecule has 0 saturated carbocycles. The van der Waals surface area contributed by atoms with Crippen molar-refractivity contribution in [2.45, 2.75) is 6.92 Å². The highest BCUT2D eigenvalue weighted by molar-refractivity contribution is 5.94. The van der Waals surface area contributed by atoms with Gasteiger partial charge < -0.3 is 19.5 Å². The summed E-state index contributed by atoms with van der Waals surface area (Å²) in [5.41, 5.74) is 1.85. The van der Waals surface area contributed by atoms with Gasteiger partial charge in [-0.2, -0.15) is 0 Å². The molecule has 1 fully saturated rings. The van der Waals surface area contributed by atoms with E-state index in [0.717, 1.165) is 18.8 Å². The van der Waals surface area contributed by atoms with Crippen LogP contribution in [0.3, 0.4) is 0 Å². The number of phenolic OH excluding ortho intramolecular Hbond substituents is 1. The molecule has 1 aromatic carbocycles. The molecule has 1 N–H and O–H groups in total. The van der Waals surface area contributed by atoms with Crippen molar-refractivity contribution >= 4 is 11.7 Å². The summed E-state index contributed by atoms with van der Waals surface area (Å²) in [6.45, 7) is 4.72. The van der Waals surface area contributed by atoms with Crippen LogP contribution in [0.25, 0.3) is 0 Å². The van der Waals surface area contributed by atoms with Gasteiger partial charge in [0.25, 0.3) is 0 Å². The summed E-state index contributed by atoms with van der Waals surface area (Å²) in [4.78, 5) is 13.6. The fraction of sp³-hybridized carbons (Fsp3) is 0.462. The molecular formula is C13H17NO4. The molecule has 0 radical (unpaired) electrons. The number of carbonyl (C=O) groups excluding carboxylic acids is 1. The van der Waals surface area contributed by atoms with E-state index < -0.39 is 5.97 Å². The Morgan fingerprint density at radius 3 is 2.61 bits per heavy atom. The van der Waals surface area contributed by atoms with Crippen LogP contribution >= 0.6 is 0 Å². The standard InChI is InChI=1S/C13H17NO4/c1-9-7-10(14-3-5-18-6-4-14)8-11(15)12(9)13(16)17-2/h7-8,15H,3-6H2,1-2H3. The molecule has 0 unspecified atom stereocenters. The summed E-state index contributed by atoms with van der Waals surface area (Å²) in [7, 11) is 1.30. The van der Waals surface area contributed by atoms with Crippen LogP contribution in [0.5, 0.6) is 5.75 Å². The van der Waals surface area contributed by atoms with E-state index in [4.69, 9.17) is 4.74 Å². The fourth-order valence-electron chi connectivity index (χ4n) is 2.12. The Morgan fingerprint density at radius 1 is 1.39 bits per heavy atom. The molecule has 1 saturated heterocycles. The largest absolute Gasteiger partial charge is 0.507 e. The van der Waals surface area contributed by atoms with Gasteiger partial charge in [0.15, 0.2) is 0 Å². The van der Waals surface area contributed by atoms with Gasteiger partial charge in [0.05, 0.1) is 20.3 Å². The minimum atomic E-state index is -0.515. The maximum atomic E-state index is 11.5. The molecule has 0 amide bonds. The molecule has 2 rings (SSSR count). The van der Waals surface area contributed by atoms with E-state index in [0.29, 0.717) is 18.8 Å². The first kappa shape index (κ1) is 12.7. The number of hydrogen-bond acceptors (Lipinski definition) is 5. The summed E-state index contributed by atoms with van der Waals surface area (Å²) in [5, 5.41) is 9.95. The van der Waals surface area contributed by atoms with Crippen molar-refractivity contribution < 1.29 is 19.4 Å². The van der Waals surface area contributed by atoms with Crippen molar-refractivity contribution in [1.29, 1.82) is 0 Å². The summed E-state index contributed by atoms with van der Waals surface area (Å²) < 4.78 is 9.93. The number of aryl methyl sites for hydroxylation is 1. The molecular weight excluding hydrogens is 234 g/mol. The van der Waals surface area contributed by atoms with Gasteiger partial charge in [0.2, 0.25) is 0 Å². The zero-order chi connectivity index (χ0) is 13.1. The second-order valence-electron chi connectivity index (χ2n) is 4.25. The minimum Gasteiger partial charge on any atom is -0.507 e. The van der Waals surface area contributed by atoms with Crippen molar-refractivity contribution in [3.8, 4) is 5.75 Å². The predicted octanol–water partition coefficient (Wildman–Crippen LogP) is 1.32. The van der Waals surface area contributed by atoms with E-state index in [2.05, 4.69) is 9.64 Å². The van der Waals surface area contributed by atoms with Gasteiger partial charge in [-0.15, -0.1) is 0 Å². The minimum absolute atomic E-state index is 0.0386. The fourth-order valence-corrected chi connectivity index (χ4v) is 2.12. The van der Waals surface area contributed by atoms with E-state index in [9.17, 15) is 9.90 Å². The molecule has 1 aliphatic heterocycles. The normalized spacial score (nSPS) is 15.6. The summed E-state index contributed by atoms with van der Waals surface area (Å²) in [5.74, 6) is -0.554. The van der Waals surface area contributed by atoms with Crippen LogP contribution in [-0.4, -0.2) is 44.5 Å². The second-order valence-corrected chi connectivity index (χ2v) is 4.25. The number of carbonyl (C=O) groups is 1. The van der Waals surface area contributed by atoms with Gasteiger partial charge >= 0.3 is 5.97 Å². The summed E-state index contributed by atoms with van der Waals surface area (Å²) in [6, 6.07) is 3.49. The van der Waals surface area contributed by atoms with Gasteiger partial charge in [-0.25, -0.2) is 4.79 Å². The van der Waals surface area contributed by atoms with E-state index in [-0.39, 0.29) is 11.3 Å². The lowest BCUT2D eigenvalue weighted by molar-refractivity contribution is 0.0596. The molecule has 1 heterocycles. The number of morpholine rings is 1. The molecule has 98 valence electrons. The molecule has 18 heavy (non-hydrogen) atoms. The quantitative estimate of drug-likeness (QED) is 0.803. The van der Waals surface area contributed by atoms with E-state index in [1.54, 1.807) is 13.0 Å². The Hall–Kier alpha value is -1.75. The van der Waals surface area contributed by atoms with Crippen molar-refractivity contribution in [2.24, 2.45) is 0 Å². The number of esters is 1. The van der Waals surface area contributed by atoms with Crippen LogP contribution in [0.4, 0.5) is 5.69 Å². The summed E-state index contributed by atoms with van der Waals surface area (Å²) >= 11 is 0. The number of anilines is 1. The number of hydrogen-bond donors (Lipinski definition) is 1. The Morgan fingerprint density at radius 2 is 2.06 bits per heavy atom. The first-order chi connectivity index (χ1) is 8.63. The highest BCUT2D eigenvalue weighted by atomic mass is 16.5. The molecule has 5 nitrogen and oxygen atoms in total. The molecule has 0 bridgehead atoms. The zero-order valence-electron chi connectivity index (χ0n) is 10.6. The third-order valence-corrected chi connectivity index (χ3v) is 3.07. The van der Waals surface area contributed by atoms with Gasteiger partial charge in [-0.1, -0.05) is 0 Å². The number of phenols is 1. The van der Waals surface area contributed by atoms with Gasteiger partial charge in [-0.05, 0) is 18.6 Å². The summed E-state index contributed by atoms with van der Waals surface area (Å²) in [6.07, 6.45) is 0. The maximum Gasteiger partial charge on any atom is 0.341 e. The Kier molecular flexibility index (Phi) is 3.72. The monoisotopic (exact) mass is 251 g/mol. The number of aromatic hydroxyl groups is 1. The van der Waals surface area contributed by atoms with Crippen LogP contribution in [0.2, 0.25) is 0 Å². The first-order valence-corrected chi connectivity index (χ1v) is 5.88. The maximum absolute atomic E-state index is 11.5. The molecule has 0 aromatic heterocycles. The third-order valence-electron chi connectivity index (χ3n) is 3.07. The van der Waals surface area contributed by atoms with Crippen molar-refractivity contribution in [2.75, 3.05) is 38.3 Å². The zero-order valence-corrected chi connectivity index (χ0v) is 10.6. The number of nitrogens with zero attached hydrogens (tertiary/aromatic N) is 1. The third kappa shape index (κ3) is 2.41. The van der Waals surface area contributed by atoms with Crippen LogP contribution < -0.4 is 4.90 Å². The van der Waals surface area contributed by atoms with Crippen LogP contribution in [-0.2, 0) is 9.47 Å². The SMILES string of the molecule is COC(=O)c1c(C)cc(N2CCOCC2)cc1O. The average Bonchev–Trinajstić information content (AvgIpc) is 2.38. The average molecular weight is 251 g/mol. The molecule has 1 aromatic rings. The van der Waals surface area contributed by atoms with Crippen molar-refractivity contribution in [3.63, 3.8) is 0 Å². The highest BCUT2D eigenvalue weighted by Crippen LogP contribution is 2.29. The van der Waals surface area contributed by atoms with Crippen LogP contribution in [0.1, 0.15) is 15.9 Å². The predicted molar refractivity (Wildman–Crippen MR) is 67.2 cm³/mol. The van der Waals surface area contributed by atoms with Gasteiger partial charge in [0, 0.05) is 24.8 Å². The Bertz CT molecular complexity index is 429.